The van der Waals surface area contributed by atoms with Crippen LogP contribution in [-0.2, 0) is 9.47 Å². The molecule has 0 unspecified atom stereocenters. The molecule has 0 aliphatic heterocycles. The van der Waals surface area contributed by atoms with Crippen LogP contribution in [0.15, 0.2) is 0 Å². The van der Waals surface area contributed by atoms with Crippen molar-refractivity contribution < 1.29 is 9.47 Å². The Morgan fingerprint density at radius 1 is 0.650 bits per heavy atom. The molecule has 0 aromatic heterocycles. The molecule has 0 radical (unpaired) electrons. The van der Waals surface area contributed by atoms with Gasteiger partial charge < -0.3 is 9.47 Å². The Morgan fingerprint density at radius 3 is 1.55 bits per heavy atom. The van der Waals surface area contributed by atoms with Crippen molar-refractivity contribution in [3.05, 3.63) is 0 Å². The van der Waals surface area contributed by atoms with E-state index in [0.717, 1.165) is 13.2 Å². The maximum Gasteiger partial charge on any atom is 0.134 e. The zero-order valence-corrected chi connectivity index (χ0v) is 15.7. The van der Waals surface area contributed by atoms with Gasteiger partial charge in [-0.3, -0.25) is 0 Å². The van der Waals surface area contributed by atoms with Crippen molar-refractivity contribution >= 4 is 9.52 Å². The van der Waals surface area contributed by atoms with Crippen LogP contribution in [0.1, 0.15) is 85.0 Å². The lowest BCUT2D eigenvalue weighted by Gasteiger charge is -2.16. The number of hydrogen-bond donors (Lipinski definition) is 0. The van der Waals surface area contributed by atoms with E-state index in [9.17, 15) is 0 Å². The molecule has 0 heterocycles. The second-order valence-corrected chi connectivity index (χ2v) is 7.62. The minimum atomic E-state index is -0.195. The molecular weight excluding hydrogens is 264 g/mol. The highest BCUT2D eigenvalue weighted by Crippen LogP contribution is 2.11. The molecule has 0 saturated carbocycles. The lowest BCUT2D eigenvalue weighted by molar-refractivity contribution is -0.0827. The highest BCUT2D eigenvalue weighted by atomic mass is 28.2. The monoisotopic (exact) mass is 302 g/mol. The van der Waals surface area contributed by atoms with Crippen LogP contribution in [0.2, 0.25) is 6.04 Å². The lowest BCUT2D eigenvalue weighted by Crippen LogP contribution is -2.24. The molecule has 0 aromatic carbocycles. The summed E-state index contributed by atoms with van der Waals surface area (Å²) in [5.74, 6) is 0.170. The molecule has 0 fully saturated rings. The molecular formula is C17H38O2Si. The Labute approximate surface area is 129 Å². The Hall–Kier alpha value is 0.137. The van der Waals surface area contributed by atoms with E-state index in [0.29, 0.717) is 0 Å². The summed E-state index contributed by atoms with van der Waals surface area (Å²) in [5.41, 5.74) is 0. The van der Waals surface area contributed by atoms with E-state index in [1.54, 1.807) is 0 Å². The summed E-state index contributed by atoms with van der Waals surface area (Å²) in [6.45, 7) is 7.97. The van der Waals surface area contributed by atoms with Crippen molar-refractivity contribution in [1.29, 1.82) is 0 Å². The standard InChI is InChI=1S/C17H38O2Si/c1-4-7-8-9-10-11-12-13-14-15-16-20-17(18-5-2)19-6-3/h17H,4-16,20H2,1-3H3. The van der Waals surface area contributed by atoms with Gasteiger partial charge >= 0.3 is 0 Å². The molecule has 0 atom stereocenters. The predicted molar refractivity (Wildman–Crippen MR) is 92.2 cm³/mol. The van der Waals surface area contributed by atoms with E-state index in [1.807, 2.05) is 0 Å². The van der Waals surface area contributed by atoms with Gasteiger partial charge in [0.1, 0.15) is 5.91 Å². The fourth-order valence-corrected chi connectivity index (χ4v) is 4.34. The first-order chi connectivity index (χ1) is 9.85. The molecule has 2 nitrogen and oxygen atoms in total. The van der Waals surface area contributed by atoms with Gasteiger partial charge in [0.2, 0.25) is 0 Å². The minimum Gasteiger partial charge on any atom is -0.357 e. The van der Waals surface area contributed by atoms with Crippen LogP contribution in [0.25, 0.3) is 0 Å². The smallest absolute Gasteiger partial charge is 0.134 e. The first kappa shape index (κ1) is 20.1. The fraction of sp³-hybridized carbons (Fsp3) is 1.00. The highest BCUT2D eigenvalue weighted by molar-refractivity contribution is 6.36. The van der Waals surface area contributed by atoms with Crippen LogP contribution < -0.4 is 0 Å². The molecule has 0 aromatic rings. The van der Waals surface area contributed by atoms with Gasteiger partial charge in [-0.15, -0.1) is 0 Å². The molecule has 0 aliphatic rings. The maximum atomic E-state index is 5.61. The molecule has 0 rings (SSSR count). The van der Waals surface area contributed by atoms with Crippen molar-refractivity contribution in [3.63, 3.8) is 0 Å². The Kier molecular flexibility index (Phi) is 17.3. The topological polar surface area (TPSA) is 18.5 Å². The average Bonchev–Trinajstić information content (AvgIpc) is 2.45. The Bertz CT molecular complexity index is 170. The number of rotatable bonds is 16. The Balaban J connectivity index is 3.18. The first-order valence-corrected chi connectivity index (χ1v) is 10.9. The summed E-state index contributed by atoms with van der Waals surface area (Å²) >= 11 is 0. The van der Waals surface area contributed by atoms with Crippen LogP contribution in [0.4, 0.5) is 0 Å². The van der Waals surface area contributed by atoms with Gasteiger partial charge in [0.15, 0.2) is 0 Å². The summed E-state index contributed by atoms with van der Waals surface area (Å²) in [4.78, 5) is 0. The average molecular weight is 303 g/mol. The summed E-state index contributed by atoms with van der Waals surface area (Å²) in [7, 11) is -0.195. The third-order valence-electron chi connectivity index (χ3n) is 3.75. The van der Waals surface area contributed by atoms with Crippen LogP contribution in [0, 0.1) is 0 Å². The van der Waals surface area contributed by atoms with Gasteiger partial charge in [-0.2, -0.15) is 0 Å². The quantitative estimate of drug-likeness (QED) is 0.230. The number of ether oxygens (including phenoxy) is 2. The second-order valence-electron chi connectivity index (χ2n) is 5.66. The lowest BCUT2D eigenvalue weighted by atomic mass is 10.1. The normalized spacial score (nSPS) is 12.0. The van der Waals surface area contributed by atoms with Crippen LogP contribution in [0.3, 0.4) is 0 Å². The molecule has 0 bridgehead atoms. The summed E-state index contributed by atoms with van der Waals surface area (Å²) in [6.07, 6.45) is 14.2. The van der Waals surface area contributed by atoms with Crippen LogP contribution in [-0.4, -0.2) is 28.6 Å². The van der Waals surface area contributed by atoms with Crippen molar-refractivity contribution in [2.24, 2.45) is 0 Å². The van der Waals surface area contributed by atoms with E-state index in [1.165, 1.54) is 70.3 Å². The molecule has 122 valence electrons. The van der Waals surface area contributed by atoms with Gasteiger partial charge in [0.05, 0.1) is 9.52 Å². The van der Waals surface area contributed by atoms with E-state index in [4.69, 9.17) is 9.47 Å². The summed E-state index contributed by atoms with van der Waals surface area (Å²) in [5, 5.41) is 0. The number of hydrogen-bond acceptors (Lipinski definition) is 2. The van der Waals surface area contributed by atoms with E-state index in [-0.39, 0.29) is 15.4 Å². The zero-order valence-electron chi connectivity index (χ0n) is 14.3. The summed E-state index contributed by atoms with van der Waals surface area (Å²) in [6, 6.07) is 1.38. The predicted octanol–water partition coefficient (Wildman–Crippen LogP) is 4.85. The maximum absolute atomic E-state index is 5.61. The van der Waals surface area contributed by atoms with Gasteiger partial charge in [-0.05, 0) is 13.8 Å². The van der Waals surface area contributed by atoms with Gasteiger partial charge in [-0.25, -0.2) is 0 Å². The highest BCUT2D eigenvalue weighted by Gasteiger charge is 2.07. The van der Waals surface area contributed by atoms with Crippen LogP contribution in [0.5, 0.6) is 0 Å². The third-order valence-corrected chi connectivity index (χ3v) is 5.60. The van der Waals surface area contributed by atoms with Gasteiger partial charge in [0, 0.05) is 13.2 Å². The third kappa shape index (κ3) is 14.5. The molecule has 0 aliphatic carbocycles. The Morgan fingerprint density at radius 2 is 1.10 bits per heavy atom. The molecule has 0 N–H and O–H groups in total. The van der Waals surface area contributed by atoms with Crippen molar-refractivity contribution in [2.45, 2.75) is 96.9 Å². The molecule has 20 heavy (non-hydrogen) atoms. The second kappa shape index (κ2) is 17.2. The van der Waals surface area contributed by atoms with Crippen molar-refractivity contribution in [2.75, 3.05) is 13.2 Å². The fourth-order valence-electron chi connectivity index (χ4n) is 2.56. The molecule has 3 heteroatoms. The van der Waals surface area contributed by atoms with E-state index in [2.05, 4.69) is 20.8 Å². The van der Waals surface area contributed by atoms with Gasteiger partial charge in [0.25, 0.3) is 0 Å². The van der Waals surface area contributed by atoms with Crippen LogP contribution >= 0.6 is 0 Å². The van der Waals surface area contributed by atoms with E-state index >= 15 is 0 Å². The van der Waals surface area contributed by atoms with Crippen molar-refractivity contribution in [1.82, 2.24) is 0 Å². The summed E-state index contributed by atoms with van der Waals surface area (Å²) < 4.78 is 11.2. The molecule has 0 spiro atoms. The molecule has 0 saturated heterocycles. The molecule has 0 amide bonds. The SMILES string of the molecule is CCCCCCCCCCCC[SiH2]C(OCC)OCC. The largest absolute Gasteiger partial charge is 0.357 e. The zero-order chi connectivity index (χ0) is 14.9. The van der Waals surface area contributed by atoms with Gasteiger partial charge in [-0.1, -0.05) is 77.2 Å². The van der Waals surface area contributed by atoms with E-state index < -0.39 is 0 Å². The first-order valence-electron chi connectivity index (χ1n) is 9.08. The number of unbranched alkanes of at least 4 members (excludes halogenated alkanes) is 9. The minimum absolute atomic E-state index is 0.170. The van der Waals surface area contributed by atoms with Crippen molar-refractivity contribution in [3.8, 4) is 0 Å².